The quantitative estimate of drug-likeness (QED) is 0.143. The molecule has 230 valence electrons. The molecule has 7 aromatic carbocycles. The Labute approximate surface area is 281 Å². The molecule has 0 atom stereocenters. The van der Waals surface area contributed by atoms with Crippen LogP contribution in [0.25, 0.3) is 82.2 Å². The first kappa shape index (κ1) is 29.6. The lowest BCUT2D eigenvalue weighted by atomic mass is 9.83. The number of aryl methyl sites for hydroxylation is 1. The summed E-state index contributed by atoms with van der Waals surface area (Å²) in [5, 5.41) is 9.87. The van der Waals surface area contributed by atoms with Crippen LogP contribution in [0, 0.1) is 0 Å². The van der Waals surface area contributed by atoms with Crippen LogP contribution in [0.2, 0.25) is 0 Å². The van der Waals surface area contributed by atoms with Crippen LogP contribution in [0.5, 0.6) is 0 Å². The third-order valence-corrected chi connectivity index (χ3v) is 9.59. The Kier molecular flexibility index (Phi) is 7.64. The Bertz CT molecular complexity index is 2500. The van der Waals surface area contributed by atoms with Crippen molar-refractivity contribution < 1.29 is 0 Å². The fourth-order valence-corrected chi connectivity index (χ4v) is 7.30. The first-order valence-electron chi connectivity index (χ1n) is 16.7. The molecule has 0 fully saturated rings. The zero-order valence-corrected chi connectivity index (χ0v) is 27.1. The Hall–Kier alpha value is -5.83. The van der Waals surface area contributed by atoms with E-state index in [1.54, 1.807) is 0 Å². The number of benzene rings is 7. The van der Waals surface area contributed by atoms with E-state index in [9.17, 15) is 0 Å². The standard InChI is InChI=1S/C46H36N2/c1-3-31-20-21-33-29-34(23-22-32(33)28-31)44-38-15-6-8-17-40(38)45(41-18-9-7-16-39(41)44)42-24-25-43(37-14-5-4-13-36(37)42)46-35(19-11-27-48-46)30(2)12-10-26-47/h4-25,27-29H,2-3,26,47H2,1H3/b12-10-. The molecule has 0 aliphatic carbocycles. The second-order valence-electron chi connectivity index (χ2n) is 12.4. The van der Waals surface area contributed by atoms with Crippen LogP contribution in [0.4, 0.5) is 0 Å². The normalized spacial score (nSPS) is 11.7. The fraction of sp³-hybridized carbons (Fsp3) is 0.0652. The van der Waals surface area contributed by atoms with Gasteiger partial charge in [-0.2, -0.15) is 0 Å². The molecule has 0 bridgehead atoms. The van der Waals surface area contributed by atoms with E-state index in [0.29, 0.717) is 6.54 Å². The molecular formula is C46H36N2. The number of nitrogens with zero attached hydrogens (tertiary/aromatic N) is 1. The third-order valence-electron chi connectivity index (χ3n) is 9.59. The van der Waals surface area contributed by atoms with E-state index in [0.717, 1.165) is 34.2 Å². The van der Waals surface area contributed by atoms with E-state index >= 15 is 0 Å². The van der Waals surface area contributed by atoms with Gasteiger partial charge >= 0.3 is 0 Å². The van der Waals surface area contributed by atoms with Crippen molar-refractivity contribution in [1.29, 1.82) is 0 Å². The number of hydrogen-bond acceptors (Lipinski definition) is 2. The number of pyridine rings is 1. The number of aromatic nitrogens is 1. The molecule has 0 aliphatic heterocycles. The fourth-order valence-electron chi connectivity index (χ4n) is 7.30. The van der Waals surface area contributed by atoms with Crippen LogP contribution in [0.15, 0.2) is 158 Å². The van der Waals surface area contributed by atoms with Crippen molar-refractivity contribution in [2.75, 3.05) is 6.54 Å². The molecule has 0 saturated heterocycles. The van der Waals surface area contributed by atoms with Crippen molar-refractivity contribution in [2.45, 2.75) is 13.3 Å². The summed E-state index contributed by atoms with van der Waals surface area (Å²) < 4.78 is 0. The largest absolute Gasteiger partial charge is 0.327 e. The van der Waals surface area contributed by atoms with Gasteiger partial charge in [-0.15, -0.1) is 0 Å². The molecule has 48 heavy (non-hydrogen) atoms. The minimum absolute atomic E-state index is 0.466. The van der Waals surface area contributed by atoms with Crippen molar-refractivity contribution in [1.82, 2.24) is 4.98 Å². The zero-order chi connectivity index (χ0) is 32.6. The number of allylic oxidation sites excluding steroid dienone is 2. The lowest BCUT2D eigenvalue weighted by molar-refractivity contribution is 1.15. The Morgan fingerprint density at radius 2 is 1.21 bits per heavy atom. The van der Waals surface area contributed by atoms with Gasteiger partial charge in [0.2, 0.25) is 0 Å². The second-order valence-corrected chi connectivity index (χ2v) is 12.4. The van der Waals surface area contributed by atoms with Crippen molar-refractivity contribution >= 4 is 48.7 Å². The minimum atomic E-state index is 0.466. The number of hydrogen-bond donors (Lipinski definition) is 1. The lowest BCUT2D eigenvalue weighted by Crippen LogP contribution is -1.96. The predicted molar refractivity (Wildman–Crippen MR) is 207 cm³/mol. The molecule has 2 N–H and O–H groups in total. The molecule has 2 nitrogen and oxygen atoms in total. The summed E-state index contributed by atoms with van der Waals surface area (Å²) >= 11 is 0. The molecule has 1 aromatic heterocycles. The van der Waals surface area contributed by atoms with Crippen LogP contribution in [0.1, 0.15) is 18.1 Å². The van der Waals surface area contributed by atoms with Gasteiger partial charge in [0.15, 0.2) is 0 Å². The molecule has 2 heteroatoms. The summed E-state index contributed by atoms with van der Waals surface area (Å²) in [4.78, 5) is 4.88. The van der Waals surface area contributed by atoms with Crippen LogP contribution in [-0.4, -0.2) is 11.5 Å². The van der Waals surface area contributed by atoms with Gasteiger partial charge < -0.3 is 5.73 Å². The van der Waals surface area contributed by atoms with Crippen LogP contribution >= 0.6 is 0 Å². The average Bonchev–Trinajstić information content (AvgIpc) is 3.15. The summed E-state index contributed by atoms with van der Waals surface area (Å²) in [7, 11) is 0. The molecule has 0 aliphatic rings. The Balaban J connectivity index is 1.39. The summed E-state index contributed by atoms with van der Waals surface area (Å²) in [6.45, 7) is 7.01. The van der Waals surface area contributed by atoms with Gasteiger partial charge in [-0.25, -0.2) is 0 Å². The Morgan fingerprint density at radius 1 is 0.625 bits per heavy atom. The first-order chi connectivity index (χ1) is 23.7. The van der Waals surface area contributed by atoms with Gasteiger partial charge in [0.25, 0.3) is 0 Å². The smallest absolute Gasteiger partial charge is 0.0786 e. The van der Waals surface area contributed by atoms with E-state index in [4.69, 9.17) is 10.7 Å². The first-order valence-corrected chi connectivity index (χ1v) is 16.7. The molecule has 1 heterocycles. The van der Waals surface area contributed by atoms with E-state index < -0.39 is 0 Å². The van der Waals surface area contributed by atoms with E-state index in [-0.39, 0.29) is 0 Å². The number of fused-ring (bicyclic) bond motifs is 4. The summed E-state index contributed by atoms with van der Waals surface area (Å²) in [5.74, 6) is 0. The lowest BCUT2D eigenvalue weighted by Gasteiger charge is -2.20. The van der Waals surface area contributed by atoms with E-state index in [2.05, 4.69) is 141 Å². The van der Waals surface area contributed by atoms with E-state index in [1.165, 1.54) is 65.5 Å². The van der Waals surface area contributed by atoms with Gasteiger partial charge in [0.1, 0.15) is 0 Å². The zero-order valence-electron chi connectivity index (χ0n) is 27.1. The van der Waals surface area contributed by atoms with Crippen molar-refractivity contribution in [3.05, 3.63) is 170 Å². The molecule has 0 saturated carbocycles. The molecule has 0 amide bonds. The summed E-state index contributed by atoms with van der Waals surface area (Å²) in [5.41, 5.74) is 16.0. The van der Waals surface area contributed by atoms with Gasteiger partial charge in [-0.3, -0.25) is 4.98 Å². The van der Waals surface area contributed by atoms with E-state index in [1.807, 2.05) is 24.4 Å². The summed E-state index contributed by atoms with van der Waals surface area (Å²) in [6.07, 6.45) is 6.81. The van der Waals surface area contributed by atoms with Crippen LogP contribution < -0.4 is 5.73 Å². The average molecular weight is 617 g/mol. The maximum absolute atomic E-state index is 5.76. The van der Waals surface area contributed by atoms with Gasteiger partial charge in [-0.05, 0) is 95.0 Å². The van der Waals surface area contributed by atoms with Crippen LogP contribution in [0.3, 0.4) is 0 Å². The maximum atomic E-state index is 5.76. The molecule has 0 radical (unpaired) electrons. The van der Waals surface area contributed by atoms with Gasteiger partial charge in [0, 0.05) is 23.9 Å². The Morgan fingerprint density at radius 3 is 1.88 bits per heavy atom. The van der Waals surface area contributed by atoms with Crippen molar-refractivity contribution in [3.8, 4) is 33.5 Å². The maximum Gasteiger partial charge on any atom is 0.0786 e. The highest BCUT2D eigenvalue weighted by Crippen LogP contribution is 2.47. The number of rotatable bonds is 7. The SMILES string of the molecule is C=C(/C=C\CN)c1cccnc1-c1ccc(-c2c3ccccc3c(-c3ccc4cc(CC)ccc4c3)c3ccccc23)c2ccccc12. The molecule has 0 unspecified atom stereocenters. The minimum Gasteiger partial charge on any atom is -0.327 e. The highest BCUT2D eigenvalue weighted by atomic mass is 14.7. The summed E-state index contributed by atoms with van der Waals surface area (Å²) in [6, 6.07) is 48.8. The highest BCUT2D eigenvalue weighted by Gasteiger charge is 2.20. The van der Waals surface area contributed by atoms with Crippen LogP contribution in [-0.2, 0) is 6.42 Å². The molecule has 0 spiro atoms. The highest BCUT2D eigenvalue weighted by molar-refractivity contribution is 6.24. The molecule has 8 rings (SSSR count). The van der Waals surface area contributed by atoms with Crippen molar-refractivity contribution in [3.63, 3.8) is 0 Å². The third kappa shape index (κ3) is 4.99. The van der Waals surface area contributed by atoms with Gasteiger partial charge in [-0.1, -0.05) is 147 Å². The van der Waals surface area contributed by atoms with Gasteiger partial charge in [0.05, 0.1) is 5.69 Å². The predicted octanol–water partition coefficient (Wildman–Crippen LogP) is 11.8. The van der Waals surface area contributed by atoms with Crippen molar-refractivity contribution in [2.24, 2.45) is 5.73 Å². The molecular weight excluding hydrogens is 581 g/mol. The topological polar surface area (TPSA) is 38.9 Å². The second kappa shape index (κ2) is 12.4. The monoisotopic (exact) mass is 616 g/mol. The molecule has 8 aromatic rings. The number of nitrogens with two attached hydrogens (primary N) is 1.